The number of hydrogen-bond donors (Lipinski definition) is 1. The molecule has 90 valence electrons. The van der Waals surface area contributed by atoms with Gasteiger partial charge in [-0.2, -0.15) is 12.6 Å². The van der Waals surface area contributed by atoms with E-state index in [9.17, 15) is 0 Å². The molecule has 1 rings (SSSR count). The van der Waals surface area contributed by atoms with Gasteiger partial charge in [0.1, 0.15) is 11.5 Å². The summed E-state index contributed by atoms with van der Waals surface area (Å²) in [6.45, 7) is 2.82. The van der Waals surface area contributed by atoms with Crippen LogP contribution in [0, 0.1) is 6.92 Å². The summed E-state index contributed by atoms with van der Waals surface area (Å²) in [7, 11) is 5.37. The Balaban J connectivity index is 3.05. The fourth-order valence-corrected chi connectivity index (χ4v) is 1.80. The van der Waals surface area contributed by atoms with E-state index in [1.807, 2.05) is 26.1 Å². The second-order valence-corrected chi connectivity index (χ2v) is 4.02. The van der Waals surface area contributed by atoms with Crippen molar-refractivity contribution in [2.45, 2.75) is 13.5 Å². The first-order valence-corrected chi connectivity index (χ1v) is 5.77. The second kappa shape index (κ2) is 6.01. The van der Waals surface area contributed by atoms with E-state index in [0.717, 1.165) is 29.2 Å². The Morgan fingerprint density at radius 2 is 1.94 bits per heavy atom. The number of benzene rings is 1. The molecule has 0 amide bonds. The highest BCUT2D eigenvalue weighted by atomic mass is 32.1. The minimum Gasteiger partial charge on any atom is -0.496 e. The van der Waals surface area contributed by atoms with Crippen LogP contribution >= 0.6 is 12.6 Å². The first kappa shape index (κ1) is 13.2. The maximum absolute atomic E-state index is 5.43. The molecule has 0 aliphatic rings. The molecule has 0 saturated heterocycles. The molecule has 0 aliphatic heterocycles. The Morgan fingerprint density at radius 3 is 2.44 bits per heavy atom. The van der Waals surface area contributed by atoms with Crippen molar-refractivity contribution in [1.82, 2.24) is 4.90 Å². The van der Waals surface area contributed by atoms with Gasteiger partial charge >= 0.3 is 0 Å². The van der Waals surface area contributed by atoms with Gasteiger partial charge in [-0.15, -0.1) is 0 Å². The number of ether oxygens (including phenoxy) is 2. The molecule has 0 atom stereocenters. The third-order valence-electron chi connectivity index (χ3n) is 2.54. The van der Waals surface area contributed by atoms with Gasteiger partial charge in [-0.1, -0.05) is 6.07 Å². The first-order chi connectivity index (χ1) is 7.63. The van der Waals surface area contributed by atoms with Crippen molar-refractivity contribution in [3.8, 4) is 11.5 Å². The topological polar surface area (TPSA) is 21.7 Å². The van der Waals surface area contributed by atoms with E-state index in [4.69, 9.17) is 9.47 Å². The van der Waals surface area contributed by atoms with E-state index >= 15 is 0 Å². The van der Waals surface area contributed by atoms with Crippen LogP contribution in [0.1, 0.15) is 11.1 Å². The standard InChI is InChI=1S/C12H19NO2S/c1-9-11(14-3)6-5-10(12(9)15-4)7-13(2)8-16/h5-6,16H,7-8H2,1-4H3. The predicted octanol–water partition coefficient (Wildman–Crippen LogP) is 2.33. The van der Waals surface area contributed by atoms with Crippen molar-refractivity contribution in [1.29, 1.82) is 0 Å². The van der Waals surface area contributed by atoms with E-state index in [-0.39, 0.29) is 0 Å². The molecular weight excluding hydrogens is 222 g/mol. The van der Waals surface area contributed by atoms with Crippen molar-refractivity contribution in [3.63, 3.8) is 0 Å². The lowest BCUT2D eigenvalue weighted by Gasteiger charge is -2.18. The second-order valence-electron chi connectivity index (χ2n) is 3.74. The minimum atomic E-state index is 0.716. The Labute approximate surface area is 103 Å². The van der Waals surface area contributed by atoms with Crippen LogP contribution in [-0.2, 0) is 6.54 Å². The zero-order chi connectivity index (χ0) is 12.1. The Morgan fingerprint density at radius 1 is 1.25 bits per heavy atom. The lowest BCUT2D eigenvalue weighted by molar-refractivity contribution is 0.356. The van der Waals surface area contributed by atoms with Gasteiger partial charge in [0.15, 0.2) is 0 Å². The quantitative estimate of drug-likeness (QED) is 0.631. The molecule has 1 aromatic carbocycles. The summed E-state index contributed by atoms with van der Waals surface area (Å²) in [4.78, 5) is 2.10. The van der Waals surface area contributed by atoms with Gasteiger partial charge in [0.2, 0.25) is 0 Å². The maximum atomic E-state index is 5.43. The SMILES string of the molecule is COc1ccc(CN(C)CS)c(OC)c1C. The molecule has 0 heterocycles. The van der Waals surface area contributed by atoms with Crippen LogP contribution in [0.3, 0.4) is 0 Å². The Kier molecular flexibility index (Phi) is 4.96. The van der Waals surface area contributed by atoms with E-state index in [0.29, 0.717) is 5.88 Å². The summed E-state index contributed by atoms with van der Waals surface area (Å²) in [6, 6.07) is 4.00. The summed E-state index contributed by atoms with van der Waals surface area (Å²) in [5.74, 6) is 2.47. The summed E-state index contributed by atoms with van der Waals surface area (Å²) < 4.78 is 10.7. The van der Waals surface area contributed by atoms with E-state index in [1.165, 1.54) is 0 Å². The highest BCUT2D eigenvalue weighted by Gasteiger charge is 2.11. The van der Waals surface area contributed by atoms with E-state index in [2.05, 4.69) is 17.5 Å². The molecule has 0 N–H and O–H groups in total. The monoisotopic (exact) mass is 241 g/mol. The van der Waals surface area contributed by atoms with Crippen LogP contribution in [-0.4, -0.2) is 32.0 Å². The lowest BCUT2D eigenvalue weighted by atomic mass is 10.1. The normalized spacial score (nSPS) is 10.6. The molecule has 0 bridgehead atoms. The lowest BCUT2D eigenvalue weighted by Crippen LogP contribution is -2.16. The van der Waals surface area contributed by atoms with Crippen molar-refractivity contribution in [2.24, 2.45) is 0 Å². The Hall–Kier alpha value is -0.870. The molecule has 3 nitrogen and oxygen atoms in total. The summed E-state index contributed by atoms with van der Waals surface area (Å²) in [5, 5.41) is 0. The molecule has 0 radical (unpaired) electrons. The van der Waals surface area contributed by atoms with Gasteiger partial charge in [-0.05, 0) is 20.0 Å². The van der Waals surface area contributed by atoms with Crippen LogP contribution in [0.25, 0.3) is 0 Å². The fraction of sp³-hybridized carbons (Fsp3) is 0.500. The molecule has 0 unspecified atom stereocenters. The largest absolute Gasteiger partial charge is 0.496 e. The van der Waals surface area contributed by atoms with Crippen molar-refractivity contribution >= 4 is 12.6 Å². The average Bonchev–Trinajstić information content (AvgIpc) is 2.29. The molecule has 0 saturated carbocycles. The summed E-state index contributed by atoms with van der Waals surface area (Å²) in [5.41, 5.74) is 2.19. The van der Waals surface area contributed by atoms with Crippen molar-refractivity contribution in [3.05, 3.63) is 23.3 Å². The molecule has 0 spiro atoms. The Bertz CT molecular complexity index is 355. The van der Waals surface area contributed by atoms with Gasteiger partial charge in [-0.3, -0.25) is 4.90 Å². The van der Waals surface area contributed by atoms with Gasteiger partial charge in [0.05, 0.1) is 14.2 Å². The van der Waals surface area contributed by atoms with Crippen LogP contribution in [0.2, 0.25) is 0 Å². The summed E-state index contributed by atoms with van der Waals surface area (Å²) >= 11 is 4.23. The molecule has 16 heavy (non-hydrogen) atoms. The highest BCUT2D eigenvalue weighted by Crippen LogP contribution is 2.31. The molecule has 0 fully saturated rings. The van der Waals surface area contributed by atoms with Crippen LogP contribution in [0.5, 0.6) is 11.5 Å². The molecule has 1 aromatic rings. The zero-order valence-electron chi connectivity index (χ0n) is 10.3. The maximum Gasteiger partial charge on any atom is 0.129 e. The third kappa shape index (κ3) is 2.83. The van der Waals surface area contributed by atoms with Crippen molar-refractivity contribution < 1.29 is 9.47 Å². The average molecular weight is 241 g/mol. The molecular formula is C12H19NO2S. The summed E-state index contributed by atoms with van der Waals surface area (Å²) in [6.07, 6.45) is 0. The number of thiol groups is 1. The molecule has 0 aliphatic carbocycles. The van der Waals surface area contributed by atoms with Gasteiger partial charge in [0, 0.05) is 23.5 Å². The minimum absolute atomic E-state index is 0.716. The van der Waals surface area contributed by atoms with Crippen molar-refractivity contribution in [2.75, 3.05) is 27.1 Å². The first-order valence-electron chi connectivity index (χ1n) is 5.13. The van der Waals surface area contributed by atoms with E-state index in [1.54, 1.807) is 14.2 Å². The van der Waals surface area contributed by atoms with Gasteiger partial charge in [0.25, 0.3) is 0 Å². The van der Waals surface area contributed by atoms with Gasteiger partial charge < -0.3 is 9.47 Å². The zero-order valence-corrected chi connectivity index (χ0v) is 11.2. The highest BCUT2D eigenvalue weighted by molar-refractivity contribution is 7.80. The van der Waals surface area contributed by atoms with Crippen LogP contribution in [0.15, 0.2) is 12.1 Å². The molecule has 0 aromatic heterocycles. The van der Waals surface area contributed by atoms with E-state index < -0.39 is 0 Å². The number of methoxy groups -OCH3 is 2. The predicted molar refractivity (Wildman–Crippen MR) is 69.6 cm³/mol. The number of rotatable bonds is 5. The third-order valence-corrected chi connectivity index (χ3v) is 3.03. The number of nitrogens with zero attached hydrogens (tertiary/aromatic N) is 1. The van der Waals surface area contributed by atoms with Crippen LogP contribution < -0.4 is 9.47 Å². The molecule has 4 heteroatoms. The number of hydrogen-bond acceptors (Lipinski definition) is 4. The fourth-order valence-electron chi connectivity index (χ4n) is 1.70. The smallest absolute Gasteiger partial charge is 0.129 e. The van der Waals surface area contributed by atoms with Crippen LogP contribution in [0.4, 0.5) is 0 Å². The van der Waals surface area contributed by atoms with Gasteiger partial charge in [-0.25, -0.2) is 0 Å².